The Balaban J connectivity index is 2.35. The standard InChI is InChI=1S/C11H12Cl2N4OS/c1-11(2,14)4-7(18)15-8-5(12)3-6(13)9-10(8)17-19-16-9/h3H,4,14H2,1-2H3,(H,15,18). The fraction of sp³-hybridized carbons (Fsp3) is 0.364. The van der Waals surface area contributed by atoms with Crippen LogP contribution in [0.1, 0.15) is 20.3 Å². The number of rotatable bonds is 3. The van der Waals surface area contributed by atoms with E-state index in [2.05, 4.69) is 14.1 Å². The van der Waals surface area contributed by atoms with Crippen molar-refractivity contribution in [2.24, 2.45) is 5.73 Å². The van der Waals surface area contributed by atoms with Gasteiger partial charge in [0.15, 0.2) is 0 Å². The topological polar surface area (TPSA) is 80.9 Å². The average Bonchev–Trinajstić information content (AvgIpc) is 2.70. The third-order valence-corrected chi connectivity index (χ3v) is 3.44. The molecule has 0 atom stereocenters. The summed E-state index contributed by atoms with van der Waals surface area (Å²) in [7, 11) is 0. The number of nitrogens with two attached hydrogens (primary N) is 1. The fourth-order valence-electron chi connectivity index (χ4n) is 1.59. The lowest BCUT2D eigenvalue weighted by atomic mass is 10.0. The predicted octanol–water partition coefficient (Wildman–Crippen LogP) is 3.06. The maximum atomic E-state index is 11.9. The zero-order valence-corrected chi connectivity index (χ0v) is 12.7. The molecule has 0 aliphatic heterocycles. The number of halogens is 2. The normalized spacial score (nSPS) is 11.8. The summed E-state index contributed by atoms with van der Waals surface area (Å²) in [4.78, 5) is 11.9. The summed E-state index contributed by atoms with van der Waals surface area (Å²) in [5, 5.41) is 3.45. The van der Waals surface area contributed by atoms with Gasteiger partial charge < -0.3 is 11.1 Å². The second-order valence-electron chi connectivity index (χ2n) is 4.89. The van der Waals surface area contributed by atoms with Gasteiger partial charge in [-0.25, -0.2) is 0 Å². The molecule has 0 spiro atoms. The Morgan fingerprint density at radius 3 is 2.63 bits per heavy atom. The molecular formula is C11H12Cl2N4OS. The van der Waals surface area contributed by atoms with Crippen molar-refractivity contribution in [3.8, 4) is 0 Å². The van der Waals surface area contributed by atoms with Crippen LogP contribution in [-0.2, 0) is 4.79 Å². The van der Waals surface area contributed by atoms with Crippen LogP contribution in [-0.4, -0.2) is 20.2 Å². The maximum Gasteiger partial charge on any atom is 0.226 e. The van der Waals surface area contributed by atoms with Gasteiger partial charge in [0.2, 0.25) is 5.91 Å². The minimum Gasteiger partial charge on any atom is -0.325 e. The quantitative estimate of drug-likeness (QED) is 0.911. The minimum atomic E-state index is -0.595. The molecule has 0 saturated heterocycles. The van der Waals surface area contributed by atoms with Gasteiger partial charge in [-0.05, 0) is 19.9 Å². The Morgan fingerprint density at radius 2 is 2.00 bits per heavy atom. The molecule has 102 valence electrons. The van der Waals surface area contributed by atoms with E-state index in [0.717, 1.165) is 11.7 Å². The van der Waals surface area contributed by atoms with Gasteiger partial charge in [-0.2, -0.15) is 8.75 Å². The summed E-state index contributed by atoms with van der Waals surface area (Å²) >= 11 is 13.1. The number of carbonyl (C=O) groups excluding carboxylic acids is 1. The molecule has 5 nitrogen and oxygen atoms in total. The smallest absolute Gasteiger partial charge is 0.226 e. The molecule has 0 aliphatic carbocycles. The van der Waals surface area contributed by atoms with E-state index in [1.807, 2.05) is 0 Å². The van der Waals surface area contributed by atoms with Crippen LogP contribution in [0, 0.1) is 0 Å². The van der Waals surface area contributed by atoms with Gasteiger partial charge in [-0.1, -0.05) is 23.2 Å². The van der Waals surface area contributed by atoms with Crippen molar-refractivity contribution in [3.63, 3.8) is 0 Å². The first-order chi connectivity index (χ1) is 8.78. The third-order valence-electron chi connectivity index (χ3n) is 2.32. The lowest BCUT2D eigenvalue weighted by Gasteiger charge is -2.18. The second-order valence-corrected chi connectivity index (χ2v) is 6.23. The predicted molar refractivity (Wildman–Crippen MR) is 78.9 cm³/mol. The summed E-state index contributed by atoms with van der Waals surface area (Å²) in [6, 6.07) is 1.54. The van der Waals surface area contributed by atoms with Crippen molar-refractivity contribution in [2.45, 2.75) is 25.8 Å². The van der Waals surface area contributed by atoms with Crippen molar-refractivity contribution in [2.75, 3.05) is 5.32 Å². The fourth-order valence-corrected chi connectivity index (χ4v) is 2.75. The number of nitrogens with zero attached hydrogens (tertiary/aromatic N) is 2. The number of amides is 1. The summed E-state index contributed by atoms with van der Waals surface area (Å²) in [5.74, 6) is -0.231. The van der Waals surface area contributed by atoms with Crippen LogP contribution in [0.3, 0.4) is 0 Å². The van der Waals surface area contributed by atoms with E-state index in [1.54, 1.807) is 13.8 Å². The number of benzene rings is 1. The van der Waals surface area contributed by atoms with Gasteiger partial charge in [0, 0.05) is 12.0 Å². The molecule has 0 bridgehead atoms. The summed E-state index contributed by atoms with van der Waals surface area (Å²) < 4.78 is 8.17. The molecule has 1 amide bonds. The minimum absolute atomic E-state index is 0.172. The second kappa shape index (κ2) is 5.20. The molecule has 8 heteroatoms. The van der Waals surface area contributed by atoms with Crippen LogP contribution in [0.5, 0.6) is 0 Å². The summed E-state index contributed by atoms with van der Waals surface area (Å²) in [5.41, 5.74) is 6.65. The van der Waals surface area contributed by atoms with Crippen LogP contribution in [0.25, 0.3) is 11.0 Å². The molecule has 2 rings (SSSR count). The highest BCUT2D eigenvalue weighted by Crippen LogP contribution is 2.35. The zero-order chi connectivity index (χ0) is 14.2. The van der Waals surface area contributed by atoms with Gasteiger partial charge in [0.1, 0.15) is 11.0 Å². The van der Waals surface area contributed by atoms with Gasteiger partial charge >= 0.3 is 0 Å². The Bertz CT molecular complexity index is 635. The number of hydrogen-bond acceptors (Lipinski definition) is 5. The number of hydrogen-bond donors (Lipinski definition) is 2. The highest BCUT2D eigenvalue weighted by Gasteiger charge is 2.20. The highest BCUT2D eigenvalue weighted by atomic mass is 35.5. The molecule has 0 unspecified atom stereocenters. The van der Waals surface area contributed by atoms with E-state index in [-0.39, 0.29) is 12.3 Å². The van der Waals surface area contributed by atoms with E-state index in [9.17, 15) is 4.79 Å². The van der Waals surface area contributed by atoms with Crippen LogP contribution >= 0.6 is 34.9 Å². The molecular weight excluding hydrogens is 307 g/mol. The maximum absolute atomic E-state index is 11.9. The molecule has 1 heterocycles. The Hall–Kier alpha value is -0.950. The molecule has 19 heavy (non-hydrogen) atoms. The molecule has 0 saturated carbocycles. The number of carbonyl (C=O) groups is 1. The van der Waals surface area contributed by atoms with Crippen molar-refractivity contribution >= 4 is 57.6 Å². The summed E-state index contributed by atoms with van der Waals surface area (Å²) in [6.07, 6.45) is 0.172. The van der Waals surface area contributed by atoms with Gasteiger partial charge in [0.25, 0.3) is 0 Å². The zero-order valence-electron chi connectivity index (χ0n) is 10.3. The number of anilines is 1. The lowest BCUT2D eigenvalue weighted by molar-refractivity contribution is -0.117. The first-order valence-electron chi connectivity index (χ1n) is 5.47. The average molecular weight is 319 g/mol. The number of nitrogens with one attached hydrogen (secondary N) is 1. The highest BCUT2D eigenvalue weighted by molar-refractivity contribution is 7.00. The lowest BCUT2D eigenvalue weighted by Crippen LogP contribution is -2.36. The Kier molecular flexibility index (Phi) is 3.96. The monoisotopic (exact) mass is 318 g/mol. The number of fused-ring (bicyclic) bond motifs is 1. The summed E-state index contributed by atoms with van der Waals surface area (Å²) in [6.45, 7) is 3.55. The van der Waals surface area contributed by atoms with Crippen molar-refractivity contribution < 1.29 is 4.79 Å². The van der Waals surface area contributed by atoms with Crippen molar-refractivity contribution in [3.05, 3.63) is 16.1 Å². The molecule has 1 aromatic heterocycles. The van der Waals surface area contributed by atoms with Gasteiger partial charge in [-0.3, -0.25) is 4.79 Å². The molecule has 1 aromatic carbocycles. The van der Waals surface area contributed by atoms with Crippen LogP contribution in [0.2, 0.25) is 10.0 Å². The molecule has 2 aromatic rings. The third kappa shape index (κ3) is 3.33. The van der Waals surface area contributed by atoms with Crippen molar-refractivity contribution in [1.82, 2.24) is 8.75 Å². The van der Waals surface area contributed by atoms with Crippen LogP contribution in [0.4, 0.5) is 5.69 Å². The molecule has 0 fully saturated rings. The van der Waals surface area contributed by atoms with E-state index in [4.69, 9.17) is 28.9 Å². The first-order valence-corrected chi connectivity index (χ1v) is 6.95. The Morgan fingerprint density at radius 1 is 1.37 bits per heavy atom. The number of aromatic nitrogens is 2. The van der Waals surface area contributed by atoms with E-state index in [1.165, 1.54) is 6.07 Å². The van der Waals surface area contributed by atoms with Crippen LogP contribution < -0.4 is 11.1 Å². The Labute approximate surface area is 124 Å². The molecule has 0 radical (unpaired) electrons. The van der Waals surface area contributed by atoms with E-state index < -0.39 is 5.54 Å². The van der Waals surface area contributed by atoms with E-state index in [0.29, 0.717) is 26.8 Å². The largest absolute Gasteiger partial charge is 0.325 e. The molecule has 3 N–H and O–H groups in total. The van der Waals surface area contributed by atoms with Crippen molar-refractivity contribution in [1.29, 1.82) is 0 Å². The SMILES string of the molecule is CC(C)(N)CC(=O)Nc1c(Cl)cc(Cl)c2nsnc12. The van der Waals surface area contributed by atoms with Gasteiger partial charge in [0.05, 0.1) is 27.5 Å². The molecule has 0 aliphatic rings. The van der Waals surface area contributed by atoms with Gasteiger partial charge in [-0.15, -0.1) is 0 Å². The van der Waals surface area contributed by atoms with Crippen LogP contribution in [0.15, 0.2) is 6.07 Å². The first kappa shape index (κ1) is 14.5. The van der Waals surface area contributed by atoms with E-state index >= 15 is 0 Å².